The van der Waals surface area contributed by atoms with E-state index in [2.05, 4.69) is 4.98 Å². The van der Waals surface area contributed by atoms with Gasteiger partial charge in [0.15, 0.2) is 11.6 Å². The molecule has 2 aliphatic rings. The molecule has 0 spiro atoms. The highest BCUT2D eigenvalue weighted by Crippen LogP contribution is 2.30. The van der Waals surface area contributed by atoms with Crippen LogP contribution in [0.25, 0.3) is 0 Å². The lowest BCUT2D eigenvalue weighted by atomic mass is 9.96. The number of hydrogen-bond donors (Lipinski definition) is 0. The number of aryl methyl sites for hydroxylation is 1. The fourth-order valence-electron chi connectivity index (χ4n) is 3.32. The number of rotatable bonds is 3. The summed E-state index contributed by atoms with van der Waals surface area (Å²) in [5, 5.41) is 0. The van der Waals surface area contributed by atoms with E-state index in [0.717, 1.165) is 25.7 Å². The monoisotopic (exact) mass is 335 g/mol. The number of ether oxygens (including phenoxy) is 1. The summed E-state index contributed by atoms with van der Waals surface area (Å²) in [5.41, 5.74) is 0.382. The first kappa shape index (κ1) is 17.0. The summed E-state index contributed by atoms with van der Waals surface area (Å²) >= 11 is 0. The second kappa shape index (κ2) is 6.93. The summed E-state index contributed by atoms with van der Waals surface area (Å²) in [6.45, 7) is 3.82. The Morgan fingerprint density at radius 2 is 1.92 bits per heavy atom. The minimum atomic E-state index is -0.255. The lowest BCUT2D eigenvalue weighted by Crippen LogP contribution is -2.43. The Labute approximate surface area is 141 Å². The van der Waals surface area contributed by atoms with E-state index in [4.69, 9.17) is 9.15 Å². The van der Waals surface area contributed by atoms with Gasteiger partial charge in [-0.25, -0.2) is 4.98 Å². The highest BCUT2D eigenvalue weighted by Gasteiger charge is 2.33. The Kier molecular flexibility index (Phi) is 4.89. The number of likely N-dealkylation sites (tertiary alicyclic amines) is 1. The van der Waals surface area contributed by atoms with E-state index in [1.165, 1.54) is 4.90 Å². The third-order valence-corrected chi connectivity index (χ3v) is 4.78. The smallest absolute Gasteiger partial charge is 0.275 e. The Bertz CT molecular complexity index is 611. The number of hydrogen-bond acceptors (Lipinski definition) is 5. The summed E-state index contributed by atoms with van der Waals surface area (Å²) < 4.78 is 11.2. The zero-order chi connectivity index (χ0) is 17.3. The van der Waals surface area contributed by atoms with E-state index in [1.807, 2.05) is 4.90 Å². The van der Waals surface area contributed by atoms with Crippen molar-refractivity contribution in [2.45, 2.75) is 44.6 Å². The molecule has 7 heteroatoms. The summed E-state index contributed by atoms with van der Waals surface area (Å²) in [7, 11) is 3.40. The molecule has 3 heterocycles. The first-order valence-corrected chi connectivity index (χ1v) is 8.56. The molecule has 2 fully saturated rings. The fourth-order valence-corrected chi connectivity index (χ4v) is 3.32. The molecule has 2 aliphatic heterocycles. The molecule has 2 saturated heterocycles. The van der Waals surface area contributed by atoms with Gasteiger partial charge in [-0.2, -0.15) is 0 Å². The molecular formula is C17H25N3O4. The lowest BCUT2D eigenvalue weighted by Gasteiger charge is -2.32. The number of oxazole rings is 1. The number of amides is 2. The van der Waals surface area contributed by atoms with Crippen LogP contribution >= 0.6 is 0 Å². The van der Waals surface area contributed by atoms with Crippen LogP contribution in [0.3, 0.4) is 0 Å². The minimum absolute atomic E-state index is 0.109. The molecule has 24 heavy (non-hydrogen) atoms. The second-order valence-electron chi connectivity index (χ2n) is 6.76. The summed E-state index contributed by atoms with van der Waals surface area (Å²) in [6.07, 6.45) is 3.13. The second-order valence-corrected chi connectivity index (χ2v) is 6.76. The van der Waals surface area contributed by atoms with E-state index in [-0.39, 0.29) is 23.8 Å². The van der Waals surface area contributed by atoms with E-state index in [1.54, 1.807) is 21.0 Å². The molecule has 0 aromatic carbocycles. The topological polar surface area (TPSA) is 75.9 Å². The van der Waals surface area contributed by atoms with Gasteiger partial charge in [-0.05, 0) is 32.6 Å². The zero-order valence-corrected chi connectivity index (χ0v) is 14.6. The molecule has 0 N–H and O–H groups in total. The predicted molar refractivity (Wildman–Crippen MR) is 86.8 cm³/mol. The van der Waals surface area contributed by atoms with Crippen molar-refractivity contribution < 1.29 is 18.7 Å². The fraction of sp³-hybridized carbons (Fsp3) is 0.706. The van der Waals surface area contributed by atoms with Crippen LogP contribution in [-0.4, -0.2) is 66.5 Å². The highest BCUT2D eigenvalue weighted by molar-refractivity contribution is 5.92. The SMILES string of the molecule is Cc1oc(C2CCN(C(=O)C3CCCO3)CC2)nc1C(=O)N(C)C. The van der Waals surface area contributed by atoms with Crippen LogP contribution in [0.5, 0.6) is 0 Å². The molecule has 7 nitrogen and oxygen atoms in total. The maximum absolute atomic E-state index is 12.4. The molecule has 132 valence electrons. The normalized spacial score (nSPS) is 22.0. The van der Waals surface area contributed by atoms with E-state index in [9.17, 15) is 9.59 Å². The van der Waals surface area contributed by atoms with Crippen molar-refractivity contribution in [2.24, 2.45) is 0 Å². The number of nitrogens with zero attached hydrogens (tertiary/aromatic N) is 3. The summed E-state index contributed by atoms with van der Waals surface area (Å²) in [6, 6.07) is 0. The Morgan fingerprint density at radius 3 is 2.50 bits per heavy atom. The molecule has 0 aliphatic carbocycles. The molecule has 0 radical (unpaired) electrons. The number of carbonyl (C=O) groups excluding carboxylic acids is 2. The summed E-state index contributed by atoms with van der Waals surface area (Å²) in [4.78, 5) is 32.3. The van der Waals surface area contributed by atoms with Gasteiger partial charge in [-0.1, -0.05) is 0 Å². The van der Waals surface area contributed by atoms with Crippen LogP contribution in [0.4, 0.5) is 0 Å². The number of piperidine rings is 1. The van der Waals surface area contributed by atoms with Gasteiger partial charge in [0.25, 0.3) is 11.8 Å². The molecule has 1 aromatic heterocycles. The van der Waals surface area contributed by atoms with Crippen molar-refractivity contribution in [2.75, 3.05) is 33.8 Å². The van der Waals surface area contributed by atoms with Gasteiger partial charge in [0.05, 0.1) is 0 Å². The van der Waals surface area contributed by atoms with Gasteiger partial charge in [-0.3, -0.25) is 9.59 Å². The molecule has 3 rings (SSSR count). The van der Waals surface area contributed by atoms with Gasteiger partial charge in [0, 0.05) is 39.7 Å². The van der Waals surface area contributed by atoms with Crippen molar-refractivity contribution in [3.05, 3.63) is 17.3 Å². The molecule has 1 aromatic rings. The van der Waals surface area contributed by atoms with Crippen molar-refractivity contribution in [3.63, 3.8) is 0 Å². The summed E-state index contributed by atoms with van der Waals surface area (Å²) in [5.74, 6) is 1.29. The molecule has 1 atom stereocenters. The third-order valence-electron chi connectivity index (χ3n) is 4.78. The standard InChI is InChI=1S/C17H25N3O4/c1-11-14(17(22)19(2)3)18-15(24-11)12-6-8-20(9-7-12)16(21)13-5-4-10-23-13/h12-13H,4-10H2,1-3H3. The van der Waals surface area contributed by atoms with Crippen molar-refractivity contribution in [1.82, 2.24) is 14.8 Å². The van der Waals surface area contributed by atoms with Gasteiger partial charge < -0.3 is 19.0 Å². The average Bonchev–Trinajstić information content (AvgIpc) is 3.23. The van der Waals surface area contributed by atoms with Crippen LogP contribution in [0.15, 0.2) is 4.42 Å². The maximum Gasteiger partial charge on any atom is 0.275 e. The molecule has 2 amide bonds. The Morgan fingerprint density at radius 1 is 1.21 bits per heavy atom. The van der Waals surface area contributed by atoms with Gasteiger partial charge in [-0.15, -0.1) is 0 Å². The zero-order valence-electron chi connectivity index (χ0n) is 14.6. The predicted octanol–water partition coefficient (Wildman–Crippen LogP) is 1.57. The molecule has 0 bridgehead atoms. The van der Waals surface area contributed by atoms with Crippen LogP contribution in [0.1, 0.15) is 53.7 Å². The first-order valence-electron chi connectivity index (χ1n) is 8.56. The number of carbonyl (C=O) groups is 2. The Hall–Kier alpha value is -1.89. The molecular weight excluding hydrogens is 310 g/mol. The van der Waals surface area contributed by atoms with Crippen molar-refractivity contribution in [3.8, 4) is 0 Å². The van der Waals surface area contributed by atoms with Crippen molar-refractivity contribution >= 4 is 11.8 Å². The third kappa shape index (κ3) is 3.31. The van der Waals surface area contributed by atoms with Gasteiger partial charge >= 0.3 is 0 Å². The van der Waals surface area contributed by atoms with E-state index < -0.39 is 0 Å². The molecule has 0 saturated carbocycles. The van der Waals surface area contributed by atoms with Crippen LogP contribution in [0.2, 0.25) is 0 Å². The van der Waals surface area contributed by atoms with Gasteiger partial charge in [0.1, 0.15) is 11.9 Å². The van der Waals surface area contributed by atoms with Crippen LogP contribution < -0.4 is 0 Å². The maximum atomic E-state index is 12.4. The average molecular weight is 335 g/mol. The van der Waals surface area contributed by atoms with E-state index >= 15 is 0 Å². The van der Waals surface area contributed by atoms with Crippen LogP contribution in [0, 0.1) is 6.92 Å². The van der Waals surface area contributed by atoms with Gasteiger partial charge in [0.2, 0.25) is 0 Å². The van der Waals surface area contributed by atoms with Crippen molar-refractivity contribution in [1.29, 1.82) is 0 Å². The lowest BCUT2D eigenvalue weighted by molar-refractivity contribution is -0.142. The quantitative estimate of drug-likeness (QED) is 0.838. The van der Waals surface area contributed by atoms with Crippen LogP contribution in [-0.2, 0) is 9.53 Å². The highest BCUT2D eigenvalue weighted by atomic mass is 16.5. The first-order chi connectivity index (χ1) is 11.5. The molecule has 1 unspecified atom stereocenters. The Balaban J connectivity index is 1.61. The largest absolute Gasteiger partial charge is 0.445 e. The number of aromatic nitrogens is 1. The van der Waals surface area contributed by atoms with E-state index in [0.29, 0.717) is 37.0 Å². The minimum Gasteiger partial charge on any atom is -0.445 e.